The van der Waals surface area contributed by atoms with Crippen LogP contribution in [0.5, 0.6) is 0 Å². The maximum atomic E-state index is 14.1. The predicted octanol–water partition coefficient (Wildman–Crippen LogP) is 10.3. The van der Waals surface area contributed by atoms with E-state index in [0.29, 0.717) is 24.8 Å². The SMILES string of the molecule is CCC1=C(C)C2=NC1=CC1=C(C)C3=C(O)CC(=C4NC(=C(c5ccc(C(=O)NC6OC(CC)C(C)C(C)C6OC(C)=O)cc5)C5=NC(=C2)C(C(C)C)=C5C)[C@@H](C)[C@@H]4CCC(C)=O)C3=N1. The first-order chi connectivity index (χ1) is 30.4. The summed E-state index contributed by atoms with van der Waals surface area (Å²) in [6, 6.07) is 7.58. The van der Waals surface area contributed by atoms with Gasteiger partial charge in [-0.2, -0.15) is 0 Å². The first-order valence-corrected chi connectivity index (χ1v) is 23.2. The topological polar surface area (TPSA) is 151 Å². The molecule has 8 bridgehead atoms. The van der Waals surface area contributed by atoms with Crippen molar-refractivity contribution in [3.63, 3.8) is 0 Å². The fourth-order valence-corrected chi connectivity index (χ4v) is 10.9. The summed E-state index contributed by atoms with van der Waals surface area (Å²) in [4.78, 5) is 54.9. The lowest BCUT2D eigenvalue weighted by atomic mass is 9.82. The van der Waals surface area contributed by atoms with Gasteiger partial charge in [-0.1, -0.05) is 60.6 Å². The summed E-state index contributed by atoms with van der Waals surface area (Å²) < 4.78 is 12.1. The van der Waals surface area contributed by atoms with Crippen LogP contribution >= 0.6 is 0 Å². The van der Waals surface area contributed by atoms with Gasteiger partial charge < -0.3 is 30.0 Å². The predicted molar refractivity (Wildman–Crippen MR) is 252 cm³/mol. The van der Waals surface area contributed by atoms with E-state index < -0.39 is 18.3 Å². The Bertz CT molecular complexity index is 2600. The zero-order chi connectivity index (χ0) is 46.0. The molecule has 1 amide bonds. The van der Waals surface area contributed by atoms with Crippen molar-refractivity contribution >= 4 is 40.4 Å². The van der Waals surface area contributed by atoms with Crippen LogP contribution in [0.2, 0.25) is 0 Å². The van der Waals surface area contributed by atoms with Crippen molar-refractivity contribution in [3.05, 3.63) is 121 Å². The fraction of sp³-hybridized carbons (Fsp3) is 0.472. The minimum absolute atomic E-state index is 0.0305. The van der Waals surface area contributed by atoms with E-state index in [1.807, 2.05) is 38.1 Å². The molecule has 0 aromatic heterocycles. The van der Waals surface area contributed by atoms with Gasteiger partial charge in [0.05, 0.1) is 40.3 Å². The fourth-order valence-electron chi connectivity index (χ4n) is 10.9. The number of hydrogen-bond acceptors (Lipinski definition) is 10. The Morgan fingerprint density at radius 2 is 1.61 bits per heavy atom. The largest absolute Gasteiger partial charge is 0.511 e. The number of hydrogen-bond donors (Lipinski definition) is 3. The molecule has 8 rings (SSSR count). The first kappa shape index (κ1) is 44.9. The van der Waals surface area contributed by atoms with Gasteiger partial charge in [0.25, 0.3) is 5.91 Å². The van der Waals surface area contributed by atoms with Crippen molar-refractivity contribution in [2.24, 2.45) is 44.6 Å². The third kappa shape index (κ3) is 7.73. The monoisotopic (exact) mass is 865 g/mol. The minimum atomic E-state index is -0.806. The number of Topliss-reactive ketones (excluding diaryl/α,β-unsaturated/α-hetero) is 1. The number of aliphatic hydroxyl groups excluding tert-OH is 1. The highest BCUT2D eigenvalue weighted by atomic mass is 16.6. The van der Waals surface area contributed by atoms with Crippen LogP contribution in [0.3, 0.4) is 0 Å². The molecule has 0 saturated carbocycles. The standard InChI is InChI=1S/C53H63N5O6/c1-13-35-28(8)38-23-41-44(24(3)4)31(11)48(56-41)46(33-16-18-34(19-17-33)52(62)58-53-51(63-32(12)60)27(7)26(6)43(14-2)64-53)47-29(9)36(20-15-25(5)59)49(57-47)37-21-42(61)45-30(10)39(55-50(37)45)22-40(35)54-38/h16-19,22-24,26-27,29,36,43,51,53,57,61H,13-15,20-21H2,1-12H3,(H,58,62)/t26?,27?,29-,36-,43?,51?,53?/m0/s1. The van der Waals surface area contributed by atoms with Gasteiger partial charge in [0, 0.05) is 71.2 Å². The number of carbonyl (C=O) groups is 3. The number of ether oxygens (including phenoxy) is 2. The maximum absolute atomic E-state index is 14.1. The molecule has 0 radical (unpaired) electrons. The zero-order valence-electron chi connectivity index (χ0n) is 39.4. The quantitative estimate of drug-likeness (QED) is 0.198. The van der Waals surface area contributed by atoms with E-state index in [0.717, 1.165) is 109 Å². The number of ketones is 1. The van der Waals surface area contributed by atoms with Crippen LogP contribution < -0.4 is 10.6 Å². The van der Waals surface area contributed by atoms with Crippen molar-refractivity contribution in [1.82, 2.24) is 10.6 Å². The third-order valence-electron chi connectivity index (χ3n) is 14.6. The second-order valence-corrected chi connectivity index (χ2v) is 18.9. The van der Waals surface area contributed by atoms with Crippen LogP contribution in [-0.4, -0.2) is 58.3 Å². The number of aliphatic imine (C=N–C) groups is 3. The summed E-state index contributed by atoms with van der Waals surface area (Å²) in [5.41, 5.74) is 16.2. The Hall–Kier alpha value is -5.68. The second-order valence-electron chi connectivity index (χ2n) is 18.9. The number of carbonyl (C=O) groups excluding carboxylic acids is 3. The molecule has 7 atom stereocenters. The van der Waals surface area contributed by atoms with Gasteiger partial charge in [0.2, 0.25) is 0 Å². The minimum Gasteiger partial charge on any atom is -0.511 e. The van der Waals surface area contributed by atoms with Crippen LogP contribution in [0.15, 0.2) is 125 Å². The molecule has 2 fully saturated rings. The van der Waals surface area contributed by atoms with Crippen molar-refractivity contribution in [2.75, 3.05) is 0 Å². The van der Waals surface area contributed by atoms with Crippen LogP contribution in [0.4, 0.5) is 0 Å². The van der Waals surface area contributed by atoms with Crippen molar-refractivity contribution in [1.29, 1.82) is 0 Å². The van der Waals surface area contributed by atoms with E-state index >= 15 is 0 Å². The summed E-state index contributed by atoms with van der Waals surface area (Å²) in [5.74, 6) is -0.262. The van der Waals surface area contributed by atoms with Crippen LogP contribution in [0, 0.1) is 29.6 Å². The summed E-state index contributed by atoms with van der Waals surface area (Å²) in [6.45, 7) is 24.2. The van der Waals surface area contributed by atoms with Crippen molar-refractivity contribution < 1.29 is 29.0 Å². The molecule has 7 aliphatic rings. The summed E-state index contributed by atoms with van der Waals surface area (Å²) in [5, 5.41) is 18.6. The molecular weight excluding hydrogens is 803 g/mol. The Balaban J connectivity index is 1.30. The first-order valence-electron chi connectivity index (χ1n) is 23.2. The molecule has 0 spiro atoms. The number of rotatable bonds is 10. The van der Waals surface area contributed by atoms with E-state index in [-0.39, 0.29) is 53.1 Å². The molecule has 1 aromatic carbocycles. The Morgan fingerprint density at radius 1 is 0.891 bits per heavy atom. The van der Waals surface area contributed by atoms with Crippen LogP contribution in [-0.2, 0) is 19.1 Å². The van der Waals surface area contributed by atoms with E-state index in [9.17, 15) is 19.5 Å². The second kappa shape index (κ2) is 17.4. The molecule has 11 nitrogen and oxygen atoms in total. The molecular formula is C53H63N5O6. The summed E-state index contributed by atoms with van der Waals surface area (Å²) >= 11 is 0. The Kier molecular flexibility index (Phi) is 12.2. The number of amides is 1. The van der Waals surface area contributed by atoms with E-state index in [1.165, 1.54) is 6.92 Å². The highest BCUT2D eigenvalue weighted by Crippen LogP contribution is 2.49. The number of benzene rings is 1. The summed E-state index contributed by atoms with van der Waals surface area (Å²) in [7, 11) is 0. The average molecular weight is 866 g/mol. The van der Waals surface area contributed by atoms with Crippen molar-refractivity contribution in [2.45, 2.75) is 134 Å². The number of allylic oxidation sites excluding steroid dienone is 12. The van der Waals surface area contributed by atoms with E-state index in [2.05, 4.69) is 78.2 Å². The highest BCUT2D eigenvalue weighted by Gasteiger charge is 2.45. The van der Waals surface area contributed by atoms with Gasteiger partial charge in [-0.15, -0.1) is 0 Å². The number of nitrogens with one attached hydrogen (secondary N) is 2. The molecule has 336 valence electrons. The summed E-state index contributed by atoms with van der Waals surface area (Å²) in [6.07, 6.45) is 5.55. The number of esters is 1. The molecule has 6 heterocycles. The third-order valence-corrected chi connectivity index (χ3v) is 14.6. The average Bonchev–Trinajstić information content (AvgIpc) is 4.01. The van der Waals surface area contributed by atoms with E-state index in [4.69, 9.17) is 24.5 Å². The van der Waals surface area contributed by atoms with Gasteiger partial charge in [0.1, 0.15) is 17.6 Å². The molecule has 1 aliphatic carbocycles. The molecule has 1 aromatic rings. The smallest absolute Gasteiger partial charge is 0.303 e. The van der Waals surface area contributed by atoms with Gasteiger partial charge in [-0.05, 0) is 117 Å². The maximum Gasteiger partial charge on any atom is 0.303 e. The molecule has 6 aliphatic heterocycles. The molecule has 64 heavy (non-hydrogen) atoms. The lowest BCUT2D eigenvalue weighted by Crippen LogP contribution is -2.57. The van der Waals surface area contributed by atoms with Gasteiger partial charge >= 0.3 is 5.97 Å². The Labute approximate surface area is 377 Å². The van der Waals surface area contributed by atoms with Gasteiger partial charge in [0.15, 0.2) is 6.23 Å². The van der Waals surface area contributed by atoms with E-state index in [1.54, 1.807) is 6.92 Å². The normalized spacial score (nSPS) is 27.6. The molecule has 11 heteroatoms. The van der Waals surface area contributed by atoms with Crippen LogP contribution in [0.25, 0.3) is 5.57 Å². The van der Waals surface area contributed by atoms with Gasteiger partial charge in [-0.3, -0.25) is 9.59 Å². The number of aliphatic hydroxyl groups is 1. The molecule has 3 N–H and O–H groups in total. The molecule has 5 unspecified atom stereocenters. The van der Waals surface area contributed by atoms with Crippen LogP contribution in [0.1, 0.15) is 131 Å². The lowest BCUT2D eigenvalue weighted by molar-refractivity contribution is -0.199. The number of nitrogens with zero attached hydrogens (tertiary/aromatic N) is 3. The molecule has 2 saturated heterocycles. The number of fused-ring (bicyclic) bond motifs is 5. The van der Waals surface area contributed by atoms with Crippen molar-refractivity contribution in [3.8, 4) is 0 Å². The zero-order valence-corrected chi connectivity index (χ0v) is 39.4. The lowest BCUT2D eigenvalue weighted by Gasteiger charge is -2.44. The highest BCUT2D eigenvalue weighted by molar-refractivity contribution is 6.34. The van der Waals surface area contributed by atoms with Gasteiger partial charge in [-0.25, -0.2) is 15.0 Å². The Morgan fingerprint density at radius 3 is 2.25 bits per heavy atom.